The van der Waals surface area contributed by atoms with E-state index in [1.165, 1.54) is 6.21 Å². The van der Waals surface area contributed by atoms with E-state index in [4.69, 9.17) is 5.21 Å². The molecule has 0 aliphatic heterocycles. The van der Waals surface area contributed by atoms with E-state index in [2.05, 4.69) is 10.1 Å². The second-order valence-corrected chi connectivity index (χ2v) is 2.56. The van der Waals surface area contributed by atoms with Crippen LogP contribution in [0, 0.1) is 0 Å². The van der Waals surface area contributed by atoms with E-state index < -0.39 is 0 Å². The van der Waals surface area contributed by atoms with Gasteiger partial charge in [0.25, 0.3) is 0 Å². The molecule has 0 amide bonds. The maximum Gasteiger partial charge on any atom is 0.0896 e. The van der Waals surface area contributed by atoms with Crippen LogP contribution in [-0.4, -0.2) is 16.4 Å². The number of aromatic nitrogens is 1. The summed E-state index contributed by atoms with van der Waals surface area (Å²) in [6, 6.07) is 9.83. The zero-order valence-electron chi connectivity index (χ0n) is 6.36. The van der Waals surface area contributed by atoms with Gasteiger partial charge in [0.05, 0.1) is 11.9 Å². The van der Waals surface area contributed by atoms with Crippen molar-refractivity contribution in [2.24, 2.45) is 5.16 Å². The van der Waals surface area contributed by atoms with Crippen molar-refractivity contribution in [2.45, 2.75) is 0 Å². The number of fused-ring (bicyclic) bond motifs is 1. The van der Waals surface area contributed by atoms with E-state index in [0.717, 1.165) is 16.6 Å². The summed E-state index contributed by atoms with van der Waals surface area (Å²) in [5.74, 6) is 0. The molecule has 0 atom stereocenters. The van der Waals surface area contributed by atoms with E-state index in [1.807, 2.05) is 30.3 Å². The Bertz CT molecular complexity index is 384. The van der Waals surface area contributed by atoms with Gasteiger partial charge in [-0.1, -0.05) is 23.4 Å². The fourth-order valence-electron chi connectivity index (χ4n) is 1.23. The van der Waals surface area contributed by atoms with Gasteiger partial charge in [-0.05, 0) is 12.1 Å². The highest BCUT2D eigenvalue weighted by Gasteiger charge is 1.95. The third kappa shape index (κ3) is 1.05. The number of H-pyrrole nitrogens is 1. The van der Waals surface area contributed by atoms with E-state index in [0.29, 0.717) is 0 Å². The lowest BCUT2D eigenvalue weighted by molar-refractivity contribution is 0.321. The van der Waals surface area contributed by atoms with E-state index in [-0.39, 0.29) is 0 Å². The molecule has 0 spiro atoms. The summed E-state index contributed by atoms with van der Waals surface area (Å²) in [6.07, 6.45) is 1.38. The van der Waals surface area contributed by atoms with Gasteiger partial charge in [-0.25, -0.2) is 0 Å². The first kappa shape index (κ1) is 6.91. The lowest BCUT2D eigenvalue weighted by Crippen LogP contribution is -1.77. The average Bonchev–Trinajstić information content (AvgIpc) is 2.47. The molecule has 0 aliphatic carbocycles. The van der Waals surface area contributed by atoms with Gasteiger partial charge in [0.1, 0.15) is 0 Å². The maximum atomic E-state index is 8.29. The van der Waals surface area contributed by atoms with Crippen molar-refractivity contribution in [3.05, 3.63) is 36.0 Å². The molecule has 0 radical (unpaired) electrons. The summed E-state index contributed by atoms with van der Waals surface area (Å²) in [4.78, 5) is 3.09. The molecule has 2 N–H and O–H groups in total. The van der Waals surface area contributed by atoms with Crippen LogP contribution in [0.25, 0.3) is 10.9 Å². The Labute approximate surface area is 69.3 Å². The molecule has 3 heteroatoms. The van der Waals surface area contributed by atoms with Crippen LogP contribution in [0.4, 0.5) is 0 Å². The first-order valence-corrected chi connectivity index (χ1v) is 3.65. The first-order valence-electron chi connectivity index (χ1n) is 3.65. The first-order chi connectivity index (χ1) is 5.90. The molecule has 0 fully saturated rings. The summed E-state index contributed by atoms with van der Waals surface area (Å²) in [5.41, 5.74) is 1.85. The van der Waals surface area contributed by atoms with Crippen molar-refractivity contribution in [3.8, 4) is 0 Å². The fraction of sp³-hybridized carbons (Fsp3) is 0. The van der Waals surface area contributed by atoms with Crippen molar-refractivity contribution in [1.82, 2.24) is 4.98 Å². The van der Waals surface area contributed by atoms with Gasteiger partial charge in [-0.15, -0.1) is 0 Å². The highest BCUT2D eigenvalue weighted by molar-refractivity contribution is 5.89. The number of oxime groups is 1. The largest absolute Gasteiger partial charge is 0.411 e. The van der Waals surface area contributed by atoms with Gasteiger partial charge in [0.15, 0.2) is 0 Å². The van der Waals surface area contributed by atoms with Crippen molar-refractivity contribution in [3.63, 3.8) is 0 Å². The highest BCUT2D eigenvalue weighted by atomic mass is 16.4. The number of nitrogens with zero attached hydrogens (tertiary/aromatic N) is 1. The second kappa shape index (κ2) is 2.70. The molecule has 2 rings (SSSR count). The zero-order chi connectivity index (χ0) is 8.39. The molecule has 3 nitrogen and oxygen atoms in total. The maximum absolute atomic E-state index is 8.29. The van der Waals surface area contributed by atoms with Crippen LogP contribution in [-0.2, 0) is 0 Å². The second-order valence-electron chi connectivity index (χ2n) is 2.56. The molecular weight excluding hydrogens is 152 g/mol. The van der Waals surface area contributed by atoms with Crippen LogP contribution in [0.5, 0.6) is 0 Å². The van der Waals surface area contributed by atoms with Crippen molar-refractivity contribution < 1.29 is 5.21 Å². The minimum Gasteiger partial charge on any atom is -0.411 e. The number of hydrogen-bond acceptors (Lipinski definition) is 2. The summed E-state index contributed by atoms with van der Waals surface area (Å²) < 4.78 is 0. The van der Waals surface area contributed by atoms with Crippen LogP contribution in [0.15, 0.2) is 35.5 Å². The molecule has 1 aromatic carbocycles. The molecule has 60 valence electrons. The van der Waals surface area contributed by atoms with Gasteiger partial charge in [0.2, 0.25) is 0 Å². The molecule has 0 saturated heterocycles. The molecule has 2 aromatic rings. The van der Waals surface area contributed by atoms with Crippen LogP contribution in [0.2, 0.25) is 0 Å². The number of para-hydroxylation sites is 1. The Morgan fingerprint density at radius 2 is 2.17 bits per heavy atom. The third-order valence-corrected chi connectivity index (χ3v) is 1.75. The predicted molar refractivity (Wildman–Crippen MR) is 47.7 cm³/mol. The smallest absolute Gasteiger partial charge is 0.0896 e. The number of benzene rings is 1. The zero-order valence-corrected chi connectivity index (χ0v) is 6.36. The minimum absolute atomic E-state index is 0.804. The normalized spacial score (nSPS) is 11.3. The van der Waals surface area contributed by atoms with Gasteiger partial charge >= 0.3 is 0 Å². The lowest BCUT2D eigenvalue weighted by atomic mass is 10.2. The molecule has 0 saturated carbocycles. The molecule has 0 aliphatic rings. The van der Waals surface area contributed by atoms with Gasteiger partial charge in [-0.2, -0.15) is 0 Å². The Balaban J connectivity index is 2.62. The lowest BCUT2D eigenvalue weighted by Gasteiger charge is -1.83. The van der Waals surface area contributed by atoms with Crippen LogP contribution >= 0.6 is 0 Å². The topological polar surface area (TPSA) is 48.4 Å². The Kier molecular flexibility index (Phi) is 1.55. The monoisotopic (exact) mass is 160 g/mol. The van der Waals surface area contributed by atoms with Gasteiger partial charge in [-0.3, -0.25) is 0 Å². The van der Waals surface area contributed by atoms with Crippen molar-refractivity contribution in [1.29, 1.82) is 0 Å². The third-order valence-electron chi connectivity index (χ3n) is 1.75. The van der Waals surface area contributed by atoms with Crippen molar-refractivity contribution >= 4 is 17.1 Å². The van der Waals surface area contributed by atoms with Gasteiger partial charge in [0, 0.05) is 10.9 Å². The number of hydrogen-bond donors (Lipinski definition) is 2. The van der Waals surface area contributed by atoms with Crippen LogP contribution in [0.1, 0.15) is 5.69 Å². The molecule has 1 aromatic heterocycles. The summed E-state index contributed by atoms with van der Waals surface area (Å²) in [5, 5.41) is 12.4. The standard InChI is InChI=1S/C9H8N2O/c12-10-6-8-5-7-3-1-2-4-9(7)11-8/h1-6,11-12H. The van der Waals surface area contributed by atoms with E-state index >= 15 is 0 Å². The number of rotatable bonds is 1. The van der Waals surface area contributed by atoms with Crippen molar-refractivity contribution in [2.75, 3.05) is 0 Å². The minimum atomic E-state index is 0.804. The van der Waals surface area contributed by atoms with E-state index in [9.17, 15) is 0 Å². The Hall–Kier alpha value is -1.77. The quantitative estimate of drug-likeness (QED) is 0.374. The Morgan fingerprint density at radius 1 is 1.33 bits per heavy atom. The number of nitrogens with one attached hydrogen (secondary N) is 1. The summed E-state index contributed by atoms with van der Waals surface area (Å²) in [7, 11) is 0. The number of aromatic amines is 1. The highest BCUT2D eigenvalue weighted by Crippen LogP contribution is 2.12. The van der Waals surface area contributed by atoms with Crippen LogP contribution in [0.3, 0.4) is 0 Å². The summed E-state index contributed by atoms with van der Waals surface area (Å²) >= 11 is 0. The molecule has 12 heavy (non-hydrogen) atoms. The fourth-order valence-corrected chi connectivity index (χ4v) is 1.23. The molecule has 0 unspecified atom stereocenters. The molecule has 0 bridgehead atoms. The SMILES string of the molecule is ON=Cc1cc2ccccc2[nH]1. The molecule has 1 heterocycles. The van der Waals surface area contributed by atoms with Crippen LogP contribution < -0.4 is 0 Å². The van der Waals surface area contributed by atoms with Gasteiger partial charge < -0.3 is 10.2 Å². The average molecular weight is 160 g/mol. The predicted octanol–water partition coefficient (Wildman–Crippen LogP) is 1.98. The summed E-state index contributed by atoms with van der Waals surface area (Å²) in [6.45, 7) is 0. The molecular formula is C9H8N2O. The van der Waals surface area contributed by atoms with E-state index in [1.54, 1.807) is 0 Å². The Morgan fingerprint density at radius 3 is 2.92 bits per heavy atom.